The van der Waals surface area contributed by atoms with Crippen LogP contribution in [0.1, 0.15) is 19.3 Å². The number of hydrogen-bond acceptors (Lipinski definition) is 3. The van der Waals surface area contributed by atoms with Crippen molar-refractivity contribution in [2.75, 3.05) is 11.9 Å². The van der Waals surface area contributed by atoms with E-state index in [1.165, 1.54) is 6.07 Å². The number of benzene rings is 1. The normalized spacial score (nSPS) is 10.4. The zero-order valence-electron chi connectivity index (χ0n) is 9.73. The highest BCUT2D eigenvalue weighted by Crippen LogP contribution is 2.25. The standard InChI is InChI=1S/C12H15F2NO3/c13-12(14)18-10-6-2-1-5-9(10)15-8-4-3-7-11(16)17/h1-2,5-6,12,15H,3-4,7-8H2,(H,16,17). The molecule has 0 atom stereocenters. The lowest BCUT2D eigenvalue weighted by Gasteiger charge is -2.12. The largest absolute Gasteiger partial charge is 0.481 e. The molecule has 18 heavy (non-hydrogen) atoms. The van der Waals surface area contributed by atoms with Gasteiger partial charge >= 0.3 is 12.6 Å². The minimum absolute atomic E-state index is 0.0886. The van der Waals surface area contributed by atoms with Gasteiger partial charge in [-0.3, -0.25) is 4.79 Å². The second-order valence-corrected chi connectivity index (χ2v) is 3.65. The highest BCUT2D eigenvalue weighted by atomic mass is 19.3. The molecule has 100 valence electrons. The Balaban J connectivity index is 2.39. The number of carbonyl (C=O) groups is 1. The van der Waals surface area contributed by atoms with E-state index < -0.39 is 12.6 Å². The average molecular weight is 259 g/mol. The van der Waals surface area contributed by atoms with E-state index in [2.05, 4.69) is 10.1 Å². The van der Waals surface area contributed by atoms with Gasteiger partial charge in [-0.1, -0.05) is 12.1 Å². The minimum Gasteiger partial charge on any atom is -0.481 e. The van der Waals surface area contributed by atoms with Crippen LogP contribution in [-0.2, 0) is 4.79 Å². The molecule has 0 radical (unpaired) electrons. The van der Waals surface area contributed by atoms with Gasteiger partial charge in [-0.2, -0.15) is 8.78 Å². The first-order valence-electron chi connectivity index (χ1n) is 5.59. The number of carboxylic acid groups (broad SMARTS) is 1. The van der Waals surface area contributed by atoms with Crippen molar-refractivity contribution in [3.8, 4) is 5.75 Å². The van der Waals surface area contributed by atoms with E-state index in [0.29, 0.717) is 25.1 Å². The monoisotopic (exact) mass is 259 g/mol. The fraction of sp³-hybridized carbons (Fsp3) is 0.417. The fourth-order valence-electron chi connectivity index (χ4n) is 1.44. The van der Waals surface area contributed by atoms with E-state index in [4.69, 9.17) is 5.11 Å². The van der Waals surface area contributed by atoms with Gasteiger partial charge in [-0.25, -0.2) is 0 Å². The SMILES string of the molecule is O=C(O)CCCCNc1ccccc1OC(F)F. The molecular formula is C12H15F2NO3. The molecule has 1 aromatic rings. The minimum atomic E-state index is -2.86. The highest BCUT2D eigenvalue weighted by Gasteiger charge is 2.08. The Morgan fingerprint density at radius 3 is 2.72 bits per heavy atom. The van der Waals surface area contributed by atoms with Crippen molar-refractivity contribution in [2.24, 2.45) is 0 Å². The summed E-state index contributed by atoms with van der Waals surface area (Å²) in [5, 5.41) is 11.4. The number of hydrogen-bond donors (Lipinski definition) is 2. The first kappa shape index (κ1) is 14.2. The smallest absolute Gasteiger partial charge is 0.387 e. The molecule has 0 aromatic heterocycles. The van der Waals surface area contributed by atoms with Crippen molar-refractivity contribution < 1.29 is 23.4 Å². The number of anilines is 1. The molecule has 0 spiro atoms. The molecule has 0 saturated heterocycles. The quantitative estimate of drug-likeness (QED) is 0.705. The average Bonchev–Trinajstić information content (AvgIpc) is 2.29. The second-order valence-electron chi connectivity index (χ2n) is 3.65. The van der Waals surface area contributed by atoms with Crippen LogP contribution < -0.4 is 10.1 Å². The third-order valence-electron chi connectivity index (χ3n) is 2.24. The summed E-state index contributed by atoms with van der Waals surface area (Å²) in [6.07, 6.45) is 1.30. The van der Waals surface area contributed by atoms with E-state index in [9.17, 15) is 13.6 Å². The summed E-state index contributed by atoms with van der Waals surface area (Å²) in [6, 6.07) is 6.39. The molecule has 1 aromatic carbocycles. The predicted molar refractivity (Wildman–Crippen MR) is 63.1 cm³/mol. The van der Waals surface area contributed by atoms with Crippen LogP contribution in [0.4, 0.5) is 14.5 Å². The van der Waals surface area contributed by atoms with Gasteiger partial charge in [0.05, 0.1) is 5.69 Å². The Morgan fingerprint density at radius 1 is 1.33 bits per heavy atom. The van der Waals surface area contributed by atoms with Crippen molar-refractivity contribution in [3.63, 3.8) is 0 Å². The van der Waals surface area contributed by atoms with Crippen molar-refractivity contribution in [1.29, 1.82) is 0 Å². The second kappa shape index (κ2) is 7.47. The summed E-state index contributed by atoms with van der Waals surface area (Å²) < 4.78 is 28.6. The number of rotatable bonds is 8. The van der Waals surface area contributed by atoms with Crippen LogP contribution in [0.5, 0.6) is 5.75 Å². The van der Waals surface area contributed by atoms with Gasteiger partial charge in [0, 0.05) is 13.0 Å². The molecule has 0 heterocycles. The molecule has 0 bridgehead atoms. The summed E-state index contributed by atoms with van der Waals surface area (Å²) in [4.78, 5) is 10.3. The van der Waals surface area contributed by atoms with Gasteiger partial charge in [0.1, 0.15) is 5.75 Å². The Bertz CT molecular complexity index is 385. The molecule has 6 heteroatoms. The van der Waals surface area contributed by atoms with Gasteiger partial charge in [0.2, 0.25) is 0 Å². The Labute approximate surface area is 104 Å². The van der Waals surface area contributed by atoms with E-state index in [1.807, 2.05) is 0 Å². The third-order valence-corrected chi connectivity index (χ3v) is 2.24. The van der Waals surface area contributed by atoms with Gasteiger partial charge < -0.3 is 15.2 Å². The number of nitrogens with one attached hydrogen (secondary N) is 1. The van der Waals surface area contributed by atoms with Crippen LogP contribution in [0.2, 0.25) is 0 Å². The lowest BCUT2D eigenvalue weighted by Crippen LogP contribution is -2.07. The summed E-state index contributed by atoms with van der Waals surface area (Å²) >= 11 is 0. The van der Waals surface area contributed by atoms with Gasteiger partial charge in [0.25, 0.3) is 0 Å². The Hall–Kier alpha value is -1.85. The topological polar surface area (TPSA) is 58.6 Å². The number of unbranched alkanes of at least 4 members (excludes halogenated alkanes) is 1. The maximum atomic E-state index is 12.1. The zero-order valence-corrected chi connectivity index (χ0v) is 9.73. The van der Waals surface area contributed by atoms with E-state index in [-0.39, 0.29) is 12.2 Å². The summed E-state index contributed by atoms with van der Waals surface area (Å²) in [5.41, 5.74) is 0.480. The number of carboxylic acids is 1. The Morgan fingerprint density at radius 2 is 2.06 bits per heavy atom. The molecule has 1 rings (SSSR count). The predicted octanol–water partition coefficient (Wildman–Crippen LogP) is 2.95. The number of halogens is 2. The summed E-state index contributed by atoms with van der Waals surface area (Å²) in [5.74, 6) is -0.748. The number of alkyl halides is 2. The van der Waals surface area contributed by atoms with Gasteiger partial charge in [-0.05, 0) is 25.0 Å². The fourth-order valence-corrected chi connectivity index (χ4v) is 1.44. The van der Waals surface area contributed by atoms with Gasteiger partial charge in [0.15, 0.2) is 0 Å². The lowest BCUT2D eigenvalue weighted by molar-refractivity contribution is -0.137. The van der Waals surface area contributed by atoms with Crippen LogP contribution in [0, 0.1) is 0 Å². The summed E-state index contributed by atoms with van der Waals surface area (Å²) in [6.45, 7) is -2.35. The summed E-state index contributed by atoms with van der Waals surface area (Å²) in [7, 11) is 0. The van der Waals surface area contributed by atoms with Crippen LogP contribution in [0.3, 0.4) is 0 Å². The molecule has 0 aliphatic rings. The number of aliphatic carboxylic acids is 1. The van der Waals surface area contributed by atoms with E-state index in [0.717, 1.165) is 0 Å². The highest BCUT2D eigenvalue weighted by molar-refractivity contribution is 5.66. The molecular weight excluding hydrogens is 244 g/mol. The van der Waals surface area contributed by atoms with Crippen molar-refractivity contribution >= 4 is 11.7 Å². The van der Waals surface area contributed by atoms with Crippen LogP contribution >= 0.6 is 0 Å². The zero-order chi connectivity index (χ0) is 13.4. The molecule has 0 unspecified atom stereocenters. The lowest BCUT2D eigenvalue weighted by atomic mass is 10.2. The maximum absolute atomic E-state index is 12.1. The Kier molecular flexibility index (Phi) is 5.90. The first-order chi connectivity index (χ1) is 8.59. The molecule has 0 saturated carbocycles. The van der Waals surface area contributed by atoms with Crippen LogP contribution in [-0.4, -0.2) is 24.2 Å². The van der Waals surface area contributed by atoms with Gasteiger partial charge in [-0.15, -0.1) is 0 Å². The van der Waals surface area contributed by atoms with E-state index in [1.54, 1.807) is 18.2 Å². The van der Waals surface area contributed by atoms with Crippen LogP contribution in [0.15, 0.2) is 24.3 Å². The number of para-hydroxylation sites is 2. The molecule has 4 nitrogen and oxygen atoms in total. The molecule has 2 N–H and O–H groups in total. The van der Waals surface area contributed by atoms with Crippen molar-refractivity contribution in [1.82, 2.24) is 0 Å². The molecule has 0 amide bonds. The third kappa shape index (κ3) is 5.47. The maximum Gasteiger partial charge on any atom is 0.387 e. The molecule has 0 aliphatic heterocycles. The number of ether oxygens (including phenoxy) is 1. The molecule has 0 aliphatic carbocycles. The molecule has 0 fully saturated rings. The first-order valence-corrected chi connectivity index (χ1v) is 5.59. The van der Waals surface area contributed by atoms with E-state index >= 15 is 0 Å². The van der Waals surface area contributed by atoms with Crippen LogP contribution in [0.25, 0.3) is 0 Å². The van der Waals surface area contributed by atoms with Crippen molar-refractivity contribution in [3.05, 3.63) is 24.3 Å². The van der Waals surface area contributed by atoms with Crippen molar-refractivity contribution in [2.45, 2.75) is 25.9 Å².